The average molecular weight is 290 g/mol. The van der Waals surface area contributed by atoms with Crippen LogP contribution in [-0.2, 0) is 13.0 Å². The first kappa shape index (κ1) is 16.2. The standard InChI is InChI=1S/C17H30N4/c1-5-6-15-11-14(13-18-2)12-17(19-15)21(4)16-7-9-20(3)10-8-16/h11-12,16,18H,5-10,13H2,1-4H3. The number of nitrogens with zero attached hydrogens (tertiary/aromatic N) is 3. The van der Waals surface area contributed by atoms with Gasteiger partial charge in [-0.1, -0.05) is 13.3 Å². The van der Waals surface area contributed by atoms with Crippen LogP contribution in [0.5, 0.6) is 0 Å². The molecule has 0 bridgehead atoms. The van der Waals surface area contributed by atoms with Crippen molar-refractivity contribution in [1.29, 1.82) is 0 Å². The summed E-state index contributed by atoms with van der Waals surface area (Å²) in [5, 5.41) is 3.25. The number of rotatable bonds is 6. The van der Waals surface area contributed by atoms with Gasteiger partial charge in [-0.25, -0.2) is 4.98 Å². The molecule has 118 valence electrons. The lowest BCUT2D eigenvalue weighted by atomic mass is 10.0. The first-order chi connectivity index (χ1) is 10.1. The number of aromatic nitrogens is 1. The van der Waals surface area contributed by atoms with Crippen molar-refractivity contribution >= 4 is 5.82 Å². The van der Waals surface area contributed by atoms with Gasteiger partial charge in [-0.2, -0.15) is 0 Å². The van der Waals surface area contributed by atoms with Crippen molar-refractivity contribution in [3.8, 4) is 0 Å². The van der Waals surface area contributed by atoms with Gasteiger partial charge in [0.1, 0.15) is 5.82 Å². The van der Waals surface area contributed by atoms with Gasteiger partial charge in [0.25, 0.3) is 0 Å². The lowest BCUT2D eigenvalue weighted by Gasteiger charge is -2.36. The van der Waals surface area contributed by atoms with Gasteiger partial charge < -0.3 is 15.1 Å². The predicted octanol–water partition coefficient (Wildman–Crippen LogP) is 2.28. The molecule has 2 heterocycles. The van der Waals surface area contributed by atoms with Crippen molar-refractivity contribution < 1.29 is 0 Å². The van der Waals surface area contributed by atoms with Gasteiger partial charge >= 0.3 is 0 Å². The molecular formula is C17H30N4. The molecule has 0 atom stereocenters. The van der Waals surface area contributed by atoms with E-state index < -0.39 is 0 Å². The fraction of sp³-hybridized carbons (Fsp3) is 0.706. The van der Waals surface area contributed by atoms with E-state index in [4.69, 9.17) is 4.98 Å². The lowest BCUT2D eigenvalue weighted by molar-refractivity contribution is 0.252. The number of pyridine rings is 1. The number of hydrogen-bond acceptors (Lipinski definition) is 4. The highest BCUT2D eigenvalue weighted by molar-refractivity contribution is 5.43. The molecule has 1 aliphatic heterocycles. The molecule has 1 aliphatic rings. The predicted molar refractivity (Wildman–Crippen MR) is 89.9 cm³/mol. The monoisotopic (exact) mass is 290 g/mol. The Balaban J connectivity index is 2.16. The third kappa shape index (κ3) is 4.42. The van der Waals surface area contributed by atoms with Crippen LogP contribution in [0.3, 0.4) is 0 Å². The van der Waals surface area contributed by atoms with Crippen molar-refractivity contribution in [1.82, 2.24) is 15.2 Å². The summed E-state index contributed by atoms with van der Waals surface area (Å²) in [4.78, 5) is 9.69. The van der Waals surface area contributed by atoms with E-state index >= 15 is 0 Å². The Morgan fingerprint density at radius 1 is 1.33 bits per heavy atom. The van der Waals surface area contributed by atoms with E-state index in [2.05, 4.69) is 48.3 Å². The van der Waals surface area contributed by atoms with Crippen LogP contribution in [0, 0.1) is 0 Å². The topological polar surface area (TPSA) is 31.4 Å². The first-order valence-corrected chi connectivity index (χ1v) is 8.19. The highest BCUT2D eigenvalue weighted by Gasteiger charge is 2.22. The molecule has 21 heavy (non-hydrogen) atoms. The summed E-state index contributed by atoms with van der Waals surface area (Å²) in [7, 11) is 6.42. The zero-order valence-electron chi connectivity index (χ0n) is 14.0. The maximum absolute atomic E-state index is 4.88. The van der Waals surface area contributed by atoms with Crippen LogP contribution in [0.25, 0.3) is 0 Å². The maximum Gasteiger partial charge on any atom is 0.129 e. The SMILES string of the molecule is CCCc1cc(CNC)cc(N(C)C2CCN(C)CC2)n1. The van der Waals surface area contributed by atoms with Crippen LogP contribution in [0.15, 0.2) is 12.1 Å². The van der Waals surface area contributed by atoms with Gasteiger partial charge in [0.15, 0.2) is 0 Å². The van der Waals surface area contributed by atoms with Crippen LogP contribution in [0.2, 0.25) is 0 Å². The summed E-state index contributed by atoms with van der Waals surface area (Å²) in [6, 6.07) is 5.10. The van der Waals surface area contributed by atoms with Crippen LogP contribution < -0.4 is 10.2 Å². The van der Waals surface area contributed by atoms with E-state index in [1.165, 1.54) is 37.2 Å². The van der Waals surface area contributed by atoms with E-state index in [9.17, 15) is 0 Å². The second-order valence-corrected chi connectivity index (χ2v) is 6.25. The minimum Gasteiger partial charge on any atom is -0.357 e. The molecule has 1 N–H and O–H groups in total. The van der Waals surface area contributed by atoms with E-state index in [1.54, 1.807) is 0 Å². The molecule has 1 saturated heterocycles. The van der Waals surface area contributed by atoms with Crippen molar-refractivity contribution in [3.05, 3.63) is 23.4 Å². The van der Waals surface area contributed by atoms with Gasteiger partial charge in [0.2, 0.25) is 0 Å². The Bertz CT molecular complexity index is 414. The summed E-state index contributed by atoms with van der Waals surface area (Å²) in [6.45, 7) is 5.50. The Kier molecular flexibility index (Phi) is 6.00. The van der Waals surface area contributed by atoms with Gasteiger partial charge in [-0.15, -0.1) is 0 Å². The third-order valence-corrected chi connectivity index (χ3v) is 4.41. The Morgan fingerprint density at radius 2 is 2.05 bits per heavy atom. The van der Waals surface area contributed by atoms with Gasteiger partial charge in [-0.05, 0) is 64.1 Å². The molecule has 1 aromatic rings. The number of anilines is 1. The van der Waals surface area contributed by atoms with Crippen molar-refractivity contribution in [2.45, 2.75) is 45.2 Å². The summed E-state index contributed by atoms with van der Waals surface area (Å²) < 4.78 is 0. The molecule has 4 nitrogen and oxygen atoms in total. The molecule has 0 saturated carbocycles. The highest BCUT2D eigenvalue weighted by Crippen LogP contribution is 2.22. The second kappa shape index (κ2) is 7.76. The number of likely N-dealkylation sites (tertiary alicyclic amines) is 1. The highest BCUT2D eigenvalue weighted by atomic mass is 15.2. The quantitative estimate of drug-likeness (QED) is 0.871. The van der Waals surface area contributed by atoms with Crippen molar-refractivity contribution in [2.24, 2.45) is 0 Å². The number of hydrogen-bond donors (Lipinski definition) is 1. The van der Waals surface area contributed by atoms with Crippen molar-refractivity contribution in [2.75, 3.05) is 39.1 Å². The van der Waals surface area contributed by atoms with Crippen LogP contribution in [0.1, 0.15) is 37.4 Å². The molecule has 0 radical (unpaired) electrons. The van der Waals surface area contributed by atoms with Crippen LogP contribution in [0.4, 0.5) is 5.82 Å². The summed E-state index contributed by atoms with van der Waals surface area (Å²) >= 11 is 0. The fourth-order valence-electron chi connectivity index (χ4n) is 3.07. The molecule has 0 aliphatic carbocycles. The Morgan fingerprint density at radius 3 is 2.67 bits per heavy atom. The summed E-state index contributed by atoms with van der Waals surface area (Å²) in [5.41, 5.74) is 2.56. The second-order valence-electron chi connectivity index (χ2n) is 6.25. The molecule has 2 rings (SSSR count). The maximum atomic E-state index is 4.88. The van der Waals surface area contributed by atoms with Gasteiger partial charge in [0.05, 0.1) is 0 Å². The fourth-order valence-corrected chi connectivity index (χ4v) is 3.07. The van der Waals surface area contributed by atoms with E-state index in [1.807, 2.05) is 7.05 Å². The molecule has 0 unspecified atom stereocenters. The summed E-state index contributed by atoms with van der Waals surface area (Å²) in [6.07, 6.45) is 4.67. The smallest absolute Gasteiger partial charge is 0.129 e. The van der Waals surface area contributed by atoms with Crippen LogP contribution in [-0.4, -0.2) is 50.2 Å². The molecular weight excluding hydrogens is 260 g/mol. The van der Waals surface area contributed by atoms with Gasteiger partial charge in [0, 0.05) is 25.3 Å². The molecule has 0 spiro atoms. The zero-order chi connectivity index (χ0) is 15.2. The normalized spacial score (nSPS) is 17.1. The Hall–Kier alpha value is -1.13. The summed E-state index contributed by atoms with van der Waals surface area (Å²) in [5.74, 6) is 1.14. The molecule has 0 aromatic carbocycles. The van der Waals surface area contributed by atoms with E-state index in [-0.39, 0.29) is 0 Å². The average Bonchev–Trinajstić information content (AvgIpc) is 2.48. The number of aryl methyl sites for hydroxylation is 1. The number of nitrogens with one attached hydrogen (secondary N) is 1. The van der Waals surface area contributed by atoms with E-state index in [0.717, 1.165) is 25.2 Å². The van der Waals surface area contributed by atoms with E-state index in [0.29, 0.717) is 6.04 Å². The minimum atomic E-state index is 0.619. The van der Waals surface area contributed by atoms with Crippen LogP contribution >= 0.6 is 0 Å². The molecule has 1 fully saturated rings. The molecule has 1 aromatic heterocycles. The minimum absolute atomic E-state index is 0.619. The zero-order valence-corrected chi connectivity index (χ0v) is 14.0. The molecule has 0 amide bonds. The Labute approximate surface area is 129 Å². The molecule has 4 heteroatoms. The van der Waals surface area contributed by atoms with Crippen molar-refractivity contribution in [3.63, 3.8) is 0 Å². The first-order valence-electron chi connectivity index (χ1n) is 8.19. The van der Waals surface area contributed by atoms with Gasteiger partial charge in [-0.3, -0.25) is 0 Å². The number of piperidine rings is 1. The lowest BCUT2D eigenvalue weighted by Crippen LogP contribution is -2.42. The largest absolute Gasteiger partial charge is 0.357 e. The third-order valence-electron chi connectivity index (χ3n) is 4.41.